The summed E-state index contributed by atoms with van der Waals surface area (Å²) in [5, 5.41) is 7.12. The van der Waals surface area contributed by atoms with Crippen molar-refractivity contribution in [2.75, 3.05) is 0 Å². The molecule has 0 radical (unpaired) electrons. The maximum Gasteiger partial charge on any atom is 0.490 e. The van der Waals surface area contributed by atoms with Crippen molar-refractivity contribution in [3.05, 3.63) is 71.0 Å². The van der Waals surface area contributed by atoms with Crippen LogP contribution in [0.4, 0.5) is 22.4 Å². The molecule has 0 bridgehead atoms. The number of benzene rings is 2. The highest BCUT2D eigenvalue weighted by Crippen LogP contribution is 2.28. The maximum atomic E-state index is 13.9. The number of hydrogen-bond donors (Lipinski definition) is 2. The Balaban J connectivity index is 0.000000412. The minimum atomic E-state index is -5.08. The highest BCUT2D eigenvalue weighted by atomic mass is 19.4. The Kier molecular flexibility index (Phi) is 7.12. The Morgan fingerprint density at radius 1 is 1.12 bits per heavy atom. The van der Waals surface area contributed by atoms with E-state index in [1.54, 1.807) is 36.4 Å². The van der Waals surface area contributed by atoms with Crippen LogP contribution in [0.1, 0.15) is 22.8 Å². The van der Waals surface area contributed by atoms with Gasteiger partial charge in [0, 0.05) is 5.56 Å². The molecule has 2 aromatic carbocycles. The van der Waals surface area contributed by atoms with Crippen molar-refractivity contribution in [2.24, 2.45) is 5.73 Å². The molecule has 0 aliphatic rings. The van der Waals surface area contributed by atoms with Crippen LogP contribution in [0.2, 0.25) is 0 Å². The number of aryl methyl sites for hydroxylation is 1. The molecule has 1 amide bonds. The lowest BCUT2D eigenvalue weighted by Gasteiger charge is -2.18. The minimum absolute atomic E-state index is 0.296. The van der Waals surface area contributed by atoms with E-state index in [2.05, 4.69) is 0 Å². The van der Waals surface area contributed by atoms with Crippen molar-refractivity contribution in [3.8, 4) is 0 Å². The average Bonchev–Trinajstić information content (AvgIpc) is 2.55. The SMILES string of the molecule is Cc1ccc(F)c(C(OC(N)=O)c2ccccc2)c1.O=C(O)C(F)(F)F. The van der Waals surface area contributed by atoms with Crippen LogP contribution >= 0.6 is 0 Å². The molecule has 1 atom stereocenters. The molecule has 0 spiro atoms. The number of nitrogens with two attached hydrogens (primary N) is 1. The Hall–Kier alpha value is -3.10. The van der Waals surface area contributed by atoms with Crippen molar-refractivity contribution in [2.45, 2.75) is 19.2 Å². The van der Waals surface area contributed by atoms with E-state index in [1.165, 1.54) is 6.07 Å². The number of carbonyl (C=O) groups excluding carboxylic acids is 1. The van der Waals surface area contributed by atoms with Gasteiger partial charge >= 0.3 is 18.2 Å². The molecule has 26 heavy (non-hydrogen) atoms. The number of alkyl halides is 3. The lowest BCUT2D eigenvalue weighted by molar-refractivity contribution is -0.192. The fourth-order valence-corrected chi connectivity index (χ4v) is 1.92. The number of carboxylic acid groups (broad SMARTS) is 1. The topological polar surface area (TPSA) is 89.6 Å². The maximum absolute atomic E-state index is 13.9. The minimum Gasteiger partial charge on any atom is -0.475 e. The van der Waals surface area contributed by atoms with Crippen molar-refractivity contribution < 1.29 is 37.0 Å². The van der Waals surface area contributed by atoms with Gasteiger partial charge in [-0.05, 0) is 24.6 Å². The molecule has 0 aromatic heterocycles. The van der Waals surface area contributed by atoms with Gasteiger partial charge in [0.1, 0.15) is 5.82 Å². The first-order chi connectivity index (χ1) is 12.0. The summed E-state index contributed by atoms with van der Waals surface area (Å²) >= 11 is 0. The Morgan fingerprint density at radius 2 is 1.65 bits per heavy atom. The van der Waals surface area contributed by atoms with Crippen LogP contribution in [0, 0.1) is 12.7 Å². The van der Waals surface area contributed by atoms with E-state index in [4.69, 9.17) is 20.4 Å². The number of amides is 1. The molecular weight excluding hydrogens is 358 g/mol. The number of ether oxygens (including phenoxy) is 1. The molecule has 0 heterocycles. The van der Waals surface area contributed by atoms with Gasteiger partial charge in [-0.1, -0.05) is 42.0 Å². The Morgan fingerprint density at radius 3 is 2.12 bits per heavy atom. The molecule has 0 saturated carbocycles. The molecule has 5 nitrogen and oxygen atoms in total. The molecule has 1 unspecified atom stereocenters. The van der Waals surface area contributed by atoms with E-state index < -0.39 is 30.2 Å². The molecule has 0 saturated heterocycles. The van der Waals surface area contributed by atoms with E-state index in [1.807, 2.05) is 13.0 Å². The van der Waals surface area contributed by atoms with Crippen LogP contribution in [0.25, 0.3) is 0 Å². The van der Waals surface area contributed by atoms with Gasteiger partial charge in [0.25, 0.3) is 0 Å². The number of carbonyl (C=O) groups is 2. The molecular formula is C17H15F4NO4. The van der Waals surface area contributed by atoms with Gasteiger partial charge in [-0.25, -0.2) is 14.0 Å². The summed E-state index contributed by atoms with van der Waals surface area (Å²) in [5.74, 6) is -3.19. The van der Waals surface area contributed by atoms with Gasteiger partial charge in [0.2, 0.25) is 0 Å². The first kappa shape index (κ1) is 20.9. The number of primary amides is 1. The van der Waals surface area contributed by atoms with Gasteiger partial charge in [-0.3, -0.25) is 0 Å². The van der Waals surface area contributed by atoms with Crippen LogP contribution in [0.15, 0.2) is 48.5 Å². The second kappa shape index (κ2) is 8.84. The van der Waals surface area contributed by atoms with Gasteiger partial charge in [0.15, 0.2) is 6.10 Å². The summed E-state index contributed by atoms with van der Waals surface area (Å²) in [6.07, 6.45) is -6.85. The second-order valence-corrected chi connectivity index (χ2v) is 5.06. The predicted octanol–water partition coefficient (Wildman–Crippen LogP) is 3.95. The second-order valence-electron chi connectivity index (χ2n) is 5.06. The quantitative estimate of drug-likeness (QED) is 0.797. The molecule has 3 N–H and O–H groups in total. The van der Waals surface area contributed by atoms with Gasteiger partial charge in [-0.2, -0.15) is 13.2 Å². The standard InChI is InChI=1S/C15H14FNO2.C2HF3O2/c1-10-7-8-13(16)12(9-10)14(19-15(17)18)11-5-3-2-4-6-11;3-2(4,5)1(6)7/h2-9,14H,1H3,(H2,17,18);(H,6,7). The van der Waals surface area contributed by atoms with Crippen LogP contribution in [-0.2, 0) is 9.53 Å². The number of hydrogen-bond acceptors (Lipinski definition) is 3. The molecule has 0 fully saturated rings. The van der Waals surface area contributed by atoms with Crippen molar-refractivity contribution in [3.63, 3.8) is 0 Å². The van der Waals surface area contributed by atoms with Crippen LogP contribution in [-0.4, -0.2) is 23.3 Å². The molecule has 9 heteroatoms. The number of aliphatic carboxylic acids is 1. The van der Waals surface area contributed by atoms with Crippen LogP contribution in [0.3, 0.4) is 0 Å². The zero-order chi connectivity index (χ0) is 19.9. The number of rotatable bonds is 3. The third-order valence-corrected chi connectivity index (χ3v) is 3.01. The van der Waals surface area contributed by atoms with Gasteiger partial charge in [0.05, 0.1) is 0 Å². The molecule has 2 aromatic rings. The predicted molar refractivity (Wildman–Crippen MR) is 83.8 cm³/mol. The van der Waals surface area contributed by atoms with E-state index in [9.17, 15) is 22.4 Å². The lowest BCUT2D eigenvalue weighted by atomic mass is 9.99. The molecule has 2 rings (SSSR count). The van der Waals surface area contributed by atoms with Crippen LogP contribution in [0.5, 0.6) is 0 Å². The molecule has 0 aliphatic heterocycles. The van der Waals surface area contributed by atoms with Crippen molar-refractivity contribution >= 4 is 12.1 Å². The number of carboxylic acids is 1. The smallest absolute Gasteiger partial charge is 0.475 e. The third-order valence-electron chi connectivity index (χ3n) is 3.01. The first-order valence-electron chi connectivity index (χ1n) is 7.09. The monoisotopic (exact) mass is 373 g/mol. The molecule has 0 aliphatic carbocycles. The Bertz CT molecular complexity index is 763. The summed E-state index contributed by atoms with van der Waals surface area (Å²) in [7, 11) is 0. The van der Waals surface area contributed by atoms with Gasteiger partial charge < -0.3 is 15.6 Å². The zero-order valence-corrected chi connectivity index (χ0v) is 13.5. The summed E-state index contributed by atoms with van der Waals surface area (Å²) in [6.45, 7) is 1.84. The lowest BCUT2D eigenvalue weighted by Crippen LogP contribution is -2.21. The first-order valence-corrected chi connectivity index (χ1v) is 7.09. The zero-order valence-electron chi connectivity index (χ0n) is 13.5. The average molecular weight is 373 g/mol. The largest absolute Gasteiger partial charge is 0.490 e. The van der Waals surface area contributed by atoms with Crippen molar-refractivity contribution in [1.82, 2.24) is 0 Å². The van der Waals surface area contributed by atoms with E-state index in [0.717, 1.165) is 5.56 Å². The highest BCUT2D eigenvalue weighted by molar-refractivity contribution is 5.73. The van der Waals surface area contributed by atoms with E-state index in [-0.39, 0.29) is 0 Å². The third kappa shape index (κ3) is 6.42. The van der Waals surface area contributed by atoms with Crippen LogP contribution < -0.4 is 5.73 Å². The Labute approximate surface area is 146 Å². The summed E-state index contributed by atoms with van der Waals surface area (Å²) in [6, 6.07) is 13.6. The summed E-state index contributed by atoms with van der Waals surface area (Å²) in [5.41, 5.74) is 6.92. The highest BCUT2D eigenvalue weighted by Gasteiger charge is 2.38. The fraction of sp³-hybridized carbons (Fsp3) is 0.176. The number of halogens is 4. The summed E-state index contributed by atoms with van der Waals surface area (Å²) in [4.78, 5) is 19.9. The van der Waals surface area contributed by atoms with E-state index >= 15 is 0 Å². The van der Waals surface area contributed by atoms with Crippen molar-refractivity contribution in [1.29, 1.82) is 0 Å². The van der Waals surface area contributed by atoms with E-state index in [0.29, 0.717) is 11.1 Å². The molecule has 140 valence electrons. The van der Waals surface area contributed by atoms with Gasteiger partial charge in [-0.15, -0.1) is 0 Å². The normalized spacial score (nSPS) is 11.7. The summed E-state index contributed by atoms with van der Waals surface area (Å²) < 4.78 is 50.7. The fourth-order valence-electron chi connectivity index (χ4n) is 1.92.